The van der Waals surface area contributed by atoms with Gasteiger partial charge in [0.25, 0.3) is 5.91 Å². The second-order valence-corrected chi connectivity index (χ2v) is 28.2. The summed E-state index contributed by atoms with van der Waals surface area (Å²) in [6.07, 6.45) is 3.07. The van der Waals surface area contributed by atoms with Gasteiger partial charge in [0.2, 0.25) is 64.8 Å². The zero-order valence-corrected chi connectivity index (χ0v) is 60.3. The Morgan fingerprint density at radius 1 is 0.543 bits per heavy atom. The molecule has 2 saturated heterocycles. The summed E-state index contributed by atoms with van der Waals surface area (Å²) in [5.74, 6) is -10.5. The van der Waals surface area contributed by atoms with E-state index in [1.165, 1.54) is 87.7 Å². The Hall–Kier alpha value is -6.21. The molecule has 92 heavy (non-hydrogen) atoms. The Morgan fingerprint density at radius 2 is 1.00 bits per heavy atom. The Labute approximate surface area is 550 Å². The first kappa shape index (κ1) is 81.9. The van der Waals surface area contributed by atoms with Gasteiger partial charge in [-0.05, 0) is 121 Å². The summed E-state index contributed by atoms with van der Waals surface area (Å²) in [7, 11) is 9.90. The summed E-state index contributed by atoms with van der Waals surface area (Å²) in [6, 6.07) is -11.5. The Kier molecular flexibility index (Phi) is 33.0. The molecule has 2 rings (SSSR count). The number of hydrogen-bond acceptors (Lipinski definition) is 14. The van der Waals surface area contributed by atoms with Crippen LogP contribution in [0.4, 0.5) is 0 Å². The van der Waals surface area contributed by atoms with Gasteiger partial charge in [-0.1, -0.05) is 109 Å². The number of likely N-dealkylation sites (N-methyl/N-ethyl adjacent to an activating group) is 7. The fraction of sp³-hybridized carbons (Fsp3) is 0.806. The molecule has 2 fully saturated rings. The van der Waals surface area contributed by atoms with Crippen LogP contribution in [0, 0.1) is 41.4 Å². The van der Waals surface area contributed by atoms with Crippen molar-refractivity contribution in [1.29, 1.82) is 0 Å². The maximum absolute atomic E-state index is 16.2. The first-order valence-electron chi connectivity index (χ1n) is 33.4. The number of carbonyl (C=O) groups excluding carboxylic acids is 11. The molecule has 0 saturated carbocycles. The lowest BCUT2D eigenvalue weighted by Gasteiger charge is -2.50. The zero-order valence-electron chi connectivity index (χ0n) is 60.3. The third-order valence-electron chi connectivity index (χ3n) is 18.0. The minimum Gasteiger partial charge on any atom is -0.390 e. The second kappa shape index (κ2) is 37.0. The van der Waals surface area contributed by atoms with Gasteiger partial charge in [-0.2, -0.15) is 0 Å². The van der Waals surface area contributed by atoms with Crippen molar-refractivity contribution in [3.8, 4) is 0 Å². The van der Waals surface area contributed by atoms with E-state index in [0.717, 1.165) is 9.80 Å². The predicted molar refractivity (Wildman–Crippen MR) is 354 cm³/mol. The zero-order chi connectivity index (χ0) is 70.7. The lowest BCUT2D eigenvalue weighted by molar-refractivity contribution is -0.223. The van der Waals surface area contributed by atoms with Gasteiger partial charge < -0.3 is 70.7 Å². The first-order valence-corrected chi connectivity index (χ1v) is 33.4. The highest BCUT2D eigenvalue weighted by Gasteiger charge is 2.56. The molecule has 25 nitrogen and oxygen atoms in total. The standard InChI is InChI=1S/C67H120N12O13/c1-25-27-28-44(15)56(81)55-60(85)71-48(26-2)62(87)73(18)37-53(80)74(19)49(33-38(3)4)59(84)72-54(42(11)12)65(90)75(20)50(34-39(5)6)58(83)69-45(16)57(82)70-46(17)61(86)76(21)51(35-40(7)8)63(88)77(22)52(36-41(9)10)64(89)79(24)67(43(13)14,66(91)78(55)23)92-47-29-31-68-32-30-47/h25,27,38-52,54-56,68,81H,26,28-37H2,1-24H3,(H,69,83)(H,70,82)(H,71,85)(H,72,84)/b27-25+/t44-,45+,46-,48+,49+,50+,51+,52+,54+,55+,56-,67+/m1/s1. The number of rotatable bonds is 17. The first-order chi connectivity index (χ1) is 42.7. The van der Waals surface area contributed by atoms with Crippen LogP contribution < -0.4 is 26.6 Å². The number of allylic oxidation sites excluding steroid dienone is 2. The number of amides is 11. The number of hydrogen-bond donors (Lipinski definition) is 6. The number of piperidine rings is 1. The van der Waals surface area contributed by atoms with E-state index in [0.29, 0.717) is 25.9 Å². The molecule has 2 aliphatic rings. The van der Waals surface area contributed by atoms with Gasteiger partial charge in [0.15, 0.2) is 0 Å². The molecule has 2 aliphatic heterocycles. The van der Waals surface area contributed by atoms with Crippen molar-refractivity contribution < 1.29 is 62.6 Å². The number of nitrogens with one attached hydrogen (secondary N) is 5. The summed E-state index contributed by atoms with van der Waals surface area (Å²) >= 11 is 0. The molecule has 0 aromatic rings. The summed E-state index contributed by atoms with van der Waals surface area (Å²) in [4.78, 5) is 172. The molecule has 0 aliphatic carbocycles. The van der Waals surface area contributed by atoms with Crippen molar-refractivity contribution >= 4 is 65.0 Å². The SMILES string of the molecule is C/C=C/C[C@@H](C)[C@@H](O)[C@H]1C(=O)N[C@@H](CC)C(=O)N(C)CC(=O)N(C)[C@@H](CC(C)C)C(=O)N[C@@H](C(C)C)C(=O)N(C)[C@@H](CC(C)C)C(=O)N[C@@H](C)C(=O)N[C@H](C)C(=O)N(C)[C@@H](CC(C)C)C(=O)N(C)[C@@H](CC(C)C)C(=O)N(C)[C@](OC2CCNCC2)(C(C)C)C(=O)N1C. The molecule has 0 unspecified atom stereocenters. The molecule has 0 aromatic heterocycles. The van der Waals surface area contributed by atoms with Crippen LogP contribution in [-0.4, -0.2) is 246 Å². The number of aliphatic hydroxyl groups is 1. The highest BCUT2D eigenvalue weighted by Crippen LogP contribution is 2.35. The summed E-state index contributed by atoms with van der Waals surface area (Å²) in [5.41, 5.74) is -2.21. The topological polar surface area (TPSA) is 300 Å². The smallest absolute Gasteiger partial charge is 0.276 e. The molecular weight excluding hydrogens is 1180 g/mol. The predicted octanol–water partition coefficient (Wildman–Crippen LogP) is 3.37. The van der Waals surface area contributed by atoms with E-state index < -0.39 is 162 Å². The van der Waals surface area contributed by atoms with E-state index in [1.54, 1.807) is 54.5 Å². The van der Waals surface area contributed by atoms with Crippen molar-refractivity contribution in [2.75, 3.05) is 69.0 Å². The van der Waals surface area contributed by atoms with Crippen LogP contribution >= 0.6 is 0 Å². The van der Waals surface area contributed by atoms with Crippen LogP contribution in [-0.2, 0) is 57.5 Å². The van der Waals surface area contributed by atoms with Crippen molar-refractivity contribution in [1.82, 2.24) is 60.9 Å². The summed E-state index contributed by atoms with van der Waals surface area (Å²) < 4.78 is 7.05. The van der Waals surface area contributed by atoms with Crippen LogP contribution in [0.25, 0.3) is 0 Å². The fourth-order valence-electron chi connectivity index (χ4n) is 12.0. The molecule has 11 amide bonds. The van der Waals surface area contributed by atoms with E-state index in [-0.39, 0.29) is 62.2 Å². The van der Waals surface area contributed by atoms with Gasteiger partial charge in [0.05, 0.1) is 18.8 Å². The number of nitrogens with zero attached hydrogens (tertiary/aromatic N) is 7. The average Bonchev–Trinajstić information content (AvgIpc) is 0.757. The fourth-order valence-corrected chi connectivity index (χ4v) is 12.0. The van der Waals surface area contributed by atoms with Gasteiger partial charge in [-0.15, -0.1) is 0 Å². The van der Waals surface area contributed by atoms with E-state index >= 15 is 19.2 Å². The molecule has 0 aromatic carbocycles. The normalized spacial score (nSPS) is 27.8. The highest BCUT2D eigenvalue weighted by atomic mass is 16.5. The van der Waals surface area contributed by atoms with Crippen molar-refractivity contribution in [2.45, 2.75) is 241 Å². The van der Waals surface area contributed by atoms with Crippen LogP contribution in [0.3, 0.4) is 0 Å². The molecule has 526 valence electrons. The van der Waals surface area contributed by atoms with Crippen LogP contribution in [0.15, 0.2) is 12.2 Å². The number of ether oxygens (including phenoxy) is 1. The molecule has 2 heterocycles. The molecule has 0 radical (unpaired) electrons. The highest BCUT2D eigenvalue weighted by molar-refractivity contribution is 6.00. The van der Waals surface area contributed by atoms with E-state index in [9.17, 15) is 38.7 Å². The summed E-state index contributed by atoms with van der Waals surface area (Å²) in [6.45, 7) is 30.3. The van der Waals surface area contributed by atoms with E-state index in [1.807, 2.05) is 61.5 Å². The number of carbonyl (C=O) groups is 11. The average molecular weight is 1300 g/mol. The minimum absolute atomic E-state index is 0.00477. The lowest BCUT2D eigenvalue weighted by atomic mass is 9.89. The van der Waals surface area contributed by atoms with Crippen LogP contribution in [0.1, 0.15) is 169 Å². The maximum atomic E-state index is 16.2. The van der Waals surface area contributed by atoms with Crippen molar-refractivity contribution in [3.63, 3.8) is 0 Å². The molecule has 6 N–H and O–H groups in total. The largest absolute Gasteiger partial charge is 0.390 e. The third-order valence-corrected chi connectivity index (χ3v) is 18.0. The van der Waals surface area contributed by atoms with Gasteiger partial charge >= 0.3 is 0 Å². The minimum atomic E-state index is -2.21. The molecular formula is C67H120N12O13. The Bertz CT molecular complexity index is 2540. The number of aliphatic hydroxyl groups excluding tert-OH is 1. The van der Waals surface area contributed by atoms with Gasteiger partial charge in [0, 0.05) is 55.3 Å². The lowest BCUT2D eigenvalue weighted by Crippen LogP contribution is -2.70. The summed E-state index contributed by atoms with van der Waals surface area (Å²) in [5, 5.41) is 26.8. The molecule has 0 bridgehead atoms. The molecule has 0 spiro atoms. The second-order valence-electron chi connectivity index (χ2n) is 28.2. The maximum Gasteiger partial charge on any atom is 0.276 e. The van der Waals surface area contributed by atoms with Crippen molar-refractivity contribution in [3.05, 3.63) is 12.2 Å². The monoisotopic (exact) mass is 1300 g/mol. The molecule has 25 heteroatoms. The van der Waals surface area contributed by atoms with Crippen molar-refractivity contribution in [2.24, 2.45) is 41.4 Å². The van der Waals surface area contributed by atoms with Gasteiger partial charge in [0.1, 0.15) is 54.4 Å². The van der Waals surface area contributed by atoms with Gasteiger partial charge in [-0.3, -0.25) is 52.7 Å². The van der Waals surface area contributed by atoms with E-state index in [4.69, 9.17) is 4.74 Å². The quantitative estimate of drug-likeness (QED) is 0.114. The van der Waals surface area contributed by atoms with Crippen LogP contribution in [0.5, 0.6) is 0 Å². The molecule has 12 atom stereocenters. The van der Waals surface area contributed by atoms with Crippen LogP contribution in [0.2, 0.25) is 0 Å². The Morgan fingerprint density at radius 3 is 1.48 bits per heavy atom. The third kappa shape index (κ3) is 21.7. The Balaban J connectivity index is 3.13. The van der Waals surface area contributed by atoms with Gasteiger partial charge in [-0.25, -0.2) is 0 Å². The van der Waals surface area contributed by atoms with E-state index in [2.05, 4.69) is 26.6 Å².